The largest absolute Gasteiger partial charge is 0.456 e. The van der Waals surface area contributed by atoms with E-state index in [0.717, 1.165) is 33.3 Å². The van der Waals surface area contributed by atoms with E-state index in [1.165, 1.54) is 76.6 Å². The Bertz CT molecular complexity index is 3470. The third-order valence-corrected chi connectivity index (χ3v) is 11.5. The average Bonchev–Trinajstić information content (AvgIpc) is 3.90. The van der Waals surface area contributed by atoms with Gasteiger partial charge in [0, 0.05) is 43.7 Å². The van der Waals surface area contributed by atoms with Crippen LogP contribution in [-0.4, -0.2) is 9.13 Å². The van der Waals surface area contributed by atoms with E-state index in [2.05, 4.69) is 191 Å². The maximum Gasteiger partial charge on any atom is 0.135 e. The van der Waals surface area contributed by atoms with Crippen molar-refractivity contribution in [2.24, 2.45) is 0 Å². The lowest BCUT2D eigenvalue weighted by atomic mass is 9.92. The Morgan fingerprint density at radius 1 is 0.309 bits per heavy atom. The smallest absolute Gasteiger partial charge is 0.135 e. The van der Waals surface area contributed by atoms with Crippen molar-refractivity contribution in [3.05, 3.63) is 194 Å². The molecule has 256 valence electrons. The Morgan fingerprint density at radius 2 is 0.909 bits per heavy atom. The summed E-state index contributed by atoms with van der Waals surface area (Å²) in [5.41, 5.74) is 13.7. The molecule has 0 saturated carbocycles. The first-order valence-electron chi connectivity index (χ1n) is 18.8. The van der Waals surface area contributed by atoms with Crippen molar-refractivity contribution in [2.45, 2.75) is 0 Å². The van der Waals surface area contributed by atoms with Crippen molar-refractivity contribution >= 4 is 76.3 Å². The number of hydrogen-bond acceptors (Lipinski definition) is 1. The molecule has 0 aliphatic carbocycles. The number of para-hydroxylation sites is 3. The van der Waals surface area contributed by atoms with Crippen LogP contribution in [0.5, 0.6) is 0 Å². The lowest BCUT2D eigenvalue weighted by Gasteiger charge is -2.12. The maximum atomic E-state index is 6.27. The number of nitrogens with zero attached hydrogens (tertiary/aromatic N) is 2. The topological polar surface area (TPSA) is 23.0 Å². The van der Waals surface area contributed by atoms with Crippen LogP contribution in [0.2, 0.25) is 0 Å². The van der Waals surface area contributed by atoms with Crippen LogP contribution in [-0.2, 0) is 0 Å². The Balaban J connectivity index is 1.16. The monoisotopic (exact) mass is 700 g/mol. The molecule has 0 atom stereocenters. The molecule has 0 N–H and O–H groups in total. The molecule has 3 aromatic heterocycles. The van der Waals surface area contributed by atoms with Gasteiger partial charge in [-0.05, 0) is 106 Å². The molecule has 0 radical (unpaired) electrons. The van der Waals surface area contributed by atoms with Crippen molar-refractivity contribution in [3.8, 4) is 33.6 Å². The van der Waals surface area contributed by atoms with Gasteiger partial charge in [-0.15, -0.1) is 0 Å². The minimum absolute atomic E-state index is 0.896. The summed E-state index contributed by atoms with van der Waals surface area (Å²) in [4.78, 5) is 0. The third kappa shape index (κ3) is 4.44. The summed E-state index contributed by atoms with van der Waals surface area (Å²) >= 11 is 0. The Hall–Kier alpha value is -7.36. The van der Waals surface area contributed by atoms with E-state index in [0.29, 0.717) is 0 Å². The maximum absolute atomic E-state index is 6.27. The zero-order valence-corrected chi connectivity index (χ0v) is 29.8. The lowest BCUT2D eigenvalue weighted by molar-refractivity contribution is 0.669. The fraction of sp³-hybridized carbons (Fsp3) is 0. The molecule has 12 aromatic rings. The fourth-order valence-electron chi connectivity index (χ4n) is 9.07. The molecular formula is C52H32N2O. The van der Waals surface area contributed by atoms with E-state index in [-0.39, 0.29) is 0 Å². The normalized spacial score (nSPS) is 12.0. The van der Waals surface area contributed by atoms with Crippen LogP contribution < -0.4 is 0 Å². The third-order valence-electron chi connectivity index (χ3n) is 11.5. The van der Waals surface area contributed by atoms with E-state index in [1.54, 1.807) is 0 Å². The fourth-order valence-corrected chi connectivity index (χ4v) is 9.07. The second-order valence-electron chi connectivity index (χ2n) is 14.5. The summed E-state index contributed by atoms with van der Waals surface area (Å²) in [5.74, 6) is 0. The van der Waals surface area contributed by atoms with Crippen LogP contribution in [0.3, 0.4) is 0 Å². The summed E-state index contributed by atoms with van der Waals surface area (Å²) in [6.45, 7) is 0. The zero-order chi connectivity index (χ0) is 36.0. The number of benzene rings is 9. The molecule has 0 bridgehead atoms. The minimum atomic E-state index is 0.896. The van der Waals surface area contributed by atoms with Gasteiger partial charge in [0.1, 0.15) is 11.2 Å². The molecule has 0 aliphatic heterocycles. The van der Waals surface area contributed by atoms with Gasteiger partial charge in [0.25, 0.3) is 0 Å². The van der Waals surface area contributed by atoms with E-state index < -0.39 is 0 Å². The molecule has 0 amide bonds. The summed E-state index contributed by atoms with van der Waals surface area (Å²) in [5, 5.41) is 9.68. The summed E-state index contributed by atoms with van der Waals surface area (Å²) in [6.07, 6.45) is 0. The van der Waals surface area contributed by atoms with Gasteiger partial charge in [0.2, 0.25) is 0 Å². The molecule has 9 aromatic carbocycles. The number of rotatable bonds is 4. The van der Waals surface area contributed by atoms with E-state index in [9.17, 15) is 0 Å². The Labute approximate surface area is 316 Å². The number of furan rings is 1. The minimum Gasteiger partial charge on any atom is -0.456 e. The van der Waals surface area contributed by atoms with Crippen LogP contribution in [0, 0.1) is 0 Å². The molecule has 0 fully saturated rings. The first kappa shape index (κ1) is 30.1. The average molecular weight is 701 g/mol. The van der Waals surface area contributed by atoms with Crippen molar-refractivity contribution in [1.29, 1.82) is 0 Å². The van der Waals surface area contributed by atoms with Gasteiger partial charge < -0.3 is 13.6 Å². The van der Waals surface area contributed by atoms with E-state index in [4.69, 9.17) is 4.42 Å². The van der Waals surface area contributed by atoms with Crippen LogP contribution in [0.1, 0.15) is 0 Å². The summed E-state index contributed by atoms with van der Waals surface area (Å²) < 4.78 is 11.1. The highest BCUT2D eigenvalue weighted by molar-refractivity contribution is 6.23. The highest BCUT2D eigenvalue weighted by atomic mass is 16.3. The lowest BCUT2D eigenvalue weighted by Crippen LogP contribution is -1.94. The highest BCUT2D eigenvalue weighted by Crippen LogP contribution is 2.45. The van der Waals surface area contributed by atoms with Crippen LogP contribution in [0.4, 0.5) is 0 Å². The van der Waals surface area contributed by atoms with Crippen LogP contribution in [0.15, 0.2) is 199 Å². The highest BCUT2D eigenvalue weighted by Gasteiger charge is 2.21. The predicted molar refractivity (Wildman–Crippen MR) is 231 cm³/mol. The second-order valence-corrected chi connectivity index (χ2v) is 14.5. The Morgan fingerprint density at radius 3 is 1.73 bits per heavy atom. The van der Waals surface area contributed by atoms with Crippen LogP contribution in [0.25, 0.3) is 110 Å². The van der Waals surface area contributed by atoms with Gasteiger partial charge in [0.15, 0.2) is 0 Å². The van der Waals surface area contributed by atoms with Gasteiger partial charge in [-0.25, -0.2) is 0 Å². The molecule has 3 heterocycles. The molecule has 0 saturated heterocycles. The first-order chi connectivity index (χ1) is 27.3. The van der Waals surface area contributed by atoms with Crippen molar-refractivity contribution in [3.63, 3.8) is 0 Å². The van der Waals surface area contributed by atoms with E-state index in [1.807, 2.05) is 12.1 Å². The SMILES string of the molecule is c1ccc(-c2c3ccccc3cc3c2c2cc(-c4ccc5c(c4)c4ccccc4n5-c4ccccc4)ccc2n3-c2ccc3oc4ccccc4c3c2)cc1. The standard InChI is InChI=1S/C52H32N2O/c1-3-13-33(14-4-1)51-39-18-8-7-15-36(39)31-48-52(51)44-30-35(24-27-47(44)54(48)38-25-28-50-43(32-38)41-20-10-12-22-49(41)55-50)34-23-26-46-42(29-34)40-19-9-11-21-45(40)53(46)37-16-5-2-6-17-37/h1-32H. The molecule has 3 nitrogen and oxygen atoms in total. The molecule has 55 heavy (non-hydrogen) atoms. The molecule has 12 rings (SSSR count). The van der Waals surface area contributed by atoms with Gasteiger partial charge in [-0.2, -0.15) is 0 Å². The molecule has 3 heteroatoms. The number of hydrogen-bond donors (Lipinski definition) is 0. The Kier molecular flexibility index (Phi) is 6.34. The van der Waals surface area contributed by atoms with Crippen LogP contribution >= 0.6 is 0 Å². The number of aromatic nitrogens is 2. The zero-order valence-electron chi connectivity index (χ0n) is 29.8. The predicted octanol–water partition coefficient (Wildman–Crippen LogP) is 14.3. The second kappa shape index (κ2) is 11.6. The molecule has 0 aliphatic rings. The summed E-state index contributed by atoms with van der Waals surface area (Å²) in [7, 11) is 0. The first-order valence-corrected chi connectivity index (χ1v) is 18.8. The van der Waals surface area contributed by atoms with Crippen molar-refractivity contribution < 1.29 is 4.42 Å². The molecule has 0 spiro atoms. The molecule has 0 unspecified atom stereocenters. The molecular weight excluding hydrogens is 669 g/mol. The van der Waals surface area contributed by atoms with Gasteiger partial charge >= 0.3 is 0 Å². The van der Waals surface area contributed by atoms with Crippen molar-refractivity contribution in [2.75, 3.05) is 0 Å². The van der Waals surface area contributed by atoms with Gasteiger partial charge in [0.05, 0.1) is 22.1 Å². The van der Waals surface area contributed by atoms with Crippen molar-refractivity contribution in [1.82, 2.24) is 9.13 Å². The van der Waals surface area contributed by atoms with E-state index >= 15 is 0 Å². The van der Waals surface area contributed by atoms with Gasteiger partial charge in [-0.3, -0.25) is 0 Å². The quantitative estimate of drug-likeness (QED) is 0.179. The summed E-state index contributed by atoms with van der Waals surface area (Å²) in [6, 6.07) is 70.4. The van der Waals surface area contributed by atoms with Gasteiger partial charge in [-0.1, -0.05) is 121 Å². The number of fused-ring (bicyclic) bond motifs is 10.